The average molecular weight is 234 g/mol. The minimum atomic E-state index is 0.0574. The molecule has 1 aromatic carbocycles. The van der Waals surface area contributed by atoms with Gasteiger partial charge >= 0.3 is 0 Å². The Balaban J connectivity index is 2.62. The molecule has 2 heterocycles. The van der Waals surface area contributed by atoms with Crippen LogP contribution in [0.2, 0.25) is 0 Å². The second-order valence-electron chi connectivity index (χ2n) is 3.14. The van der Waals surface area contributed by atoms with Gasteiger partial charge in [-0.2, -0.15) is 0 Å². The first-order valence-electron chi connectivity index (χ1n) is 4.33. The maximum Gasteiger partial charge on any atom is 0.232 e. The Kier molecular flexibility index (Phi) is 1.77. The van der Waals surface area contributed by atoms with E-state index in [0.29, 0.717) is 5.13 Å². The summed E-state index contributed by atoms with van der Waals surface area (Å²) < 4.78 is 2.05. The van der Waals surface area contributed by atoms with Gasteiger partial charge < -0.3 is 5.73 Å². The van der Waals surface area contributed by atoms with Gasteiger partial charge in [-0.25, -0.2) is 4.98 Å². The summed E-state index contributed by atoms with van der Waals surface area (Å²) in [4.78, 5) is 15.5. The van der Waals surface area contributed by atoms with Gasteiger partial charge in [-0.15, -0.1) is 0 Å². The molecule has 0 bridgehead atoms. The van der Waals surface area contributed by atoms with Crippen LogP contribution in [0.5, 0.6) is 0 Å². The largest absolute Gasteiger partial charge is 0.375 e. The zero-order chi connectivity index (χ0) is 10.4. The van der Waals surface area contributed by atoms with Crippen LogP contribution in [0.25, 0.3) is 20.3 Å². The molecule has 0 saturated carbocycles. The Bertz CT molecular complexity index is 714. The molecule has 0 atom stereocenters. The number of rotatable bonds is 0. The predicted molar refractivity (Wildman–Crippen MR) is 65.7 cm³/mol. The van der Waals surface area contributed by atoms with Gasteiger partial charge in [0.2, 0.25) is 4.74 Å². The molecule has 2 N–H and O–H groups in total. The second-order valence-corrected chi connectivity index (χ2v) is 5.18. The van der Waals surface area contributed by atoms with E-state index in [4.69, 9.17) is 5.73 Å². The van der Waals surface area contributed by atoms with Crippen molar-refractivity contribution < 1.29 is 0 Å². The van der Waals surface area contributed by atoms with E-state index in [2.05, 4.69) is 4.98 Å². The van der Waals surface area contributed by atoms with E-state index in [1.807, 2.05) is 18.2 Å². The van der Waals surface area contributed by atoms with Gasteiger partial charge in [-0.1, -0.05) is 28.7 Å². The molecule has 0 fully saturated rings. The molecule has 0 radical (unpaired) electrons. The summed E-state index contributed by atoms with van der Waals surface area (Å²) in [6, 6.07) is 7.32. The van der Waals surface area contributed by atoms with Crippen LogP contribution < -0.4 is 10.5 Å². The first-order valence-corrected chi connectivity index (χ1v) is 5.96. The lowest BCUT2D eigenvalue weighted by Gasteiger charge is -1.94. The highest BCUT2D eigenvalue weighted by molar-refractivity contribution is 7.27. The summed E-state index contributed by atoms with van der Waals surface area (Å²) in [5.74, 6) is 0. The molecular weight excluding hydrogens is 228 g/mol. The Morgan fingerprint density at radius 1 is 1.07 bits per heavy atom. The molecule has 15 heavy (non-hydrogen) atoms. The van der Waals surface area contributed by atoms with Gasteiger partial charge in [0.05, 0.1) is 14.9 Å². The van der Waals surface area contributed by atoms with Crippen molar-refractivity contribution in [3.8, 4) is 0 Å². The summed E-state index contributed by atoms with van der Waals surface area (Å²) >= 11 is 2.67. The molecule has 0 aliphatic rings. The topological polar surface area (TPSA) is 56.0 Å². The van der Waals surface area contributed by atoms with E-state index in [9.17, 15) is 4.79 Å². The zero-order valence-corrected chi connectivity index (χ0v) is 9.19. The second kappa shape index (κ2) is 3.01. The summed E-state index contributed by atoms with van der Waals surface area (Å²) in [7, 11) is 0. The number of hydrogen-bond acceptors (Lipinski definition) is 5. The first-order chi connectivity index (χ1) is 7.24. The highest BCUT2D eigenvalue weighted by Crippen LogP contribution is 2.32. The Morgan fingerprint density at radius 2 is 1.87 bits per heavy atom. The minimum Gasteiger partial charge on any atom is -0.375 e. The van der Waals surface area contributed by atoms with Crippen LogP contribution in [-0.2, 0) is 0 Å². The number of anilines is 1. The van der Waals surface area contributed by atoms with Gasteiger partial charge in [0.15, 0.2) is 5.13 Å². The number of thiazole rings is 1. The average Bonchev–Trinajstić information content (AvgIpc) is 2.58. The number of hydrogen-bond donors (Lipinski definition) is 1. The van der Waals surface area contributed by atoms with Gasteiger partial charge in [0, 0.05) is 0 Å². The number of aromatic nitrogens is 1. The van der Waals surface area contributed by atoms with Crippen molar-refractivity contribution in [2.75, 3.05) is 5.73 Å². The zero-order valence-electron chi connectivity index (χ0n) is 7.56. The molecule has 3 aromatic rings. The molecule has 2 aromatic heterocycles. The van der Waals surface area contributed by atoms with E-state index >= 15 is 0 Å². The van der Waals surface area contributed by atoms with Crippen LogP contribution in [0, 0.1) is 0 Å². The van der Waals surface area contributed by atoms with E-state index in [0.717, 1.165) is 20.3 Å². The van der Waals surface area contributed by atoms with Crippen LogP contribution in [0.15, 0.2) is 29.1 Å². The monoisotopic (exact) mass is 234 g/mol. The summed E-state index contributed by atoms with van der Waals surface area (Å²) in [5, 5.41) is 1.61. The van der Waals surface area contributed by atoms with Crippen molar-refractivity contribution in [3.05, 3.63) is 33.8 Å². The number of nitrogen functional groups attached to an aromatic ring is 1. The third-order valence-electron chi connectivity index (χ3n) is 2.16. The fraction of sp³-hybridized carbons (Fsp3) is 0. The fourth-order valence-electron chi connectivity index (χ4n) is 1.53. The third-order valence-corrected chi connectivity index (χ3v) is 4.19. The quantitative estimate of drug-likeness (QED) is 0.650. The maximum atomic E-state index is 11.3. The van der Waals surface area contributed by atoms with Crippen LogP contribution >= 0.6 is 22.7 Å². The number of nitrogens with zero attached hydrogens (tertiary/aromatic N) is 1. The van der Waals surface area contributed by atoms with Gasteiger partial charge in [0.1, 0.15) is 0 Å². The lowest BCUT2D eigenvalue weighted by Crippen LogP contribution is -1.88. The van der Waals surface area contributed by atoms with Crippen LogP contribution in [0.3, 0.4) is 0 Å². The highest BCUT2D eigenvalue weighted by atomic mass is 32.1. The molecule has 5 heteroatoms. The Hall–Kier alpha value is -1.46. The smallest absolute Gasteiger partial charge is 0.232 e. The lowest BCUT2D eigenvalue weighted by molar-refractivity contribution is 1.50. The molecule has 0 saturated heterocycles. The van der Waals surface area contributed by atoms with Crippen LogP contribution in [0.4, 0.5) is 5.13 Å². The standard InChI is InChI=1S/C10H6N2OS2/c11-10-12-6-3-1-5-2-4-7(13)14-8(5)9(6)15-10/h1-4H,(H2,11,12). The van der Waals surface area contributed by atoms with E-state index in [1.165, 1.54) is 22.7 Å². The molecule has 0 unspecified atom stereocenters. The minimum absolute atomic E-state index is 0.0574. The van der Waals surface area contributed by atoms with Crippen molar-refractivity contribution in [1.82, 2.24) is 4.98 Å². The van der Waals surface area contributed by atoms with Gasteiger partial charge in [0.25, 0.3) is 0 Å². The van der Waals surface area contributed by atoms with Gasteiger partial charge in [-0.3, -0.25) is 4.79 Å². The van der Waals surface area contributed by atoms with Crippen molar-refractivity contribution in [1.29, 1.82) is 0 Å². The molecule has 3 nitrogen and oxygen atoms in total. The highest BCUT2D eigenvalue weighted by Gasteiger charge is 2.06. The predicted octanol–water partition coefficient (Wildman–Crippen LogP) is 2.45. The lowest BCUT2D eigenvalue weighted by atomic mass is 10.2. The Labute approximate surface area is 92.8 Å². The number of benzene rings is 1. The molecule has 0 aliphatic heterocycles. The SMILES string of the molecule is Nc1nc2ccc3ccc(=O)sc3c2s1. The van der Waals surface area contributed by atoms with Crippen molar-refractivity contribution in [3.63, 3.8) is 0 Å². The van der Waals surface area contributed by atoms with Crippen molar-refractivity contribution in [2.45, 2.75) is 0 Å². The molecule has 74 valence electrons. The molecule has 0 spiro atoms. The maximum absolute atomic E-state index is 11.3. The van der Waals surface area contributed by atoms with E-state index < -0.39 is 0 Å². The summed E-state index contributed by atoms with van der Waals surface area (Å²) in [6.45, 7) is 0. The van der Waals surface area contributed by atoms with Crippen molar-refractivity contribution >= 4 is 48.1 Å². The molecule has 0 aliphatic carbocycles. The third kappa shape index (κ3) is 1.32. The summed E-state index contributed by atoms with van der Waals surface area (Å²) in [5.41, 5.74) is 6.52. The van der Waals surface area contributed by atoms with Crippen molar-refractivity contribution in [2.24, 2.45) is 0 Å². The molecule has 3 rings (SSSR count). The van der Waals surface area contributed by atoms with Crippen LogP contribution in [0.1, 0.15) is 0 Å². The van der Waals surface area contributed by atoms with Gasteiger partial charge in [-0.05, 0) is 23.6 Å². The summed E-state index contributed by atoms with van der Waals surface area (Å²) in [6.07, 6.45) is 0. The molecular formula is C10H6N2OS2. The molecule has 0 amide bonds. The van der Waals surface area contributed by atoms with E-state index in [1.54, 1.807) is 6.07 Å². The number of nitrogens with two attached hydrogens (primary N) is 1. The van der Waals surface area contributed by atoms with Crippen LogP contribution in [-0.4, -0.2) is 4.98 Å². The normalized spacial score (nSPS) is 11.2. The number of fused-ring (bicyclic) bond motifs is 3. The van der Waals surface area contributed by atoms with E-state index in [-0.39, 0.29) is 4.74 Å². The first kappa shape index (κ1) is 8.82. The fourth-order valence-corrected chi connectivity index (χ4v) is 3.35. The Morgan fingerprint density at radius 3 is 2.73 bits per heavy atom.